The number of thiophene rings is 1. The smallest absolute Gasteiger partial charge is 0.339 e. The van der Waals surface area contributed by atoms with E-state index in [1.807, 2.05) is 29.6 Å². The van der Waals surface area contributed by atoms with E-state index in [-0.39, 0.29) is 17.4 Å². The zero-order valence-corrected chi connectivity index (χ0v) is 19.1. The van der Waals surface area contributed by atoms with E-state index >= 15 is 0 Å². The molecule has 1 aromatic heterocycles. The molecular formula is C25H24N2O5S. The Hall–Kier alpha value is -3.49. The number of fused-ring (bicyclic) bond motifs is 1. The maximum absolute atomic E-state index is 13.8. The number of esters is 1. The first-order valence-electron chi connectivity index (χ1n) is 10.5. The number of amides is 2. The largest absolute Gasteiger partial charge is 0.465 e. The lowest BCUT2D eigenvalue weighted by atomic mass is 9.81. The van der Waals surface area contributed by atoms with Gasteiger partial charge in [0.2, 0.25) is 5.91 Å². The number of carbonyl (C=O) groups is 3. The molecule has 0 saturated carbocycles. The average Bonchev–Trinajstić information content (AvgIpc) is 3.37. The summed E-state index contributed by atoms with van der Waals surface area (Å²) in [5.41, 5.74) is 1.76. The topological polar surface area (TPSA) is 84.9 Å². The molecule has 0 radical (unpaired) electrons. The summed E-state index contributed by atoms with van der Waals surface area (Å²) in [5, 5.41) is 4.84. The summed E-state index contributed by atoms with van der Waals surface area (Å²) in [6, 6.07) is 17.2. The molecule has 2 heterocycles. The van der Waals surface area contributed by atoms with Gasteiger partial charge in [0.05, 0.1) is 36.9 Å². The molecule has 2 aromatic carbocycles. The number of nitrogens with zero attached hydrogens (tertiary/aromatic N) is 1. The van der Waals surface area contributed by atoms with Crippen molar-refractivity contribution in [2.45, 2.75) is 12.0 Å². The maximum Gasteiger partial charge on any atom is 0.339 e. The molecular weight excluding hydrogens is 440 g/mol. The average molecular weight is 465 g/mol. The molecule has 4 rings (SSSR count). The Kier molecular flexibility index (Phi) is 6.86. The van der Waals surface area contributed by atoms with Crippen LogP contribution >= 0.6 is 11.3 Å². The fourth-order valence-electron chi connectivity index (χ4n) is 4.18. The molecule has 7 nitrogen and oxygen atoms in total. The number of nitrogens with one attached hydrogen (secondary N) is 1. The Bertz CT molecular complexity index is 1160. The van der Waals surface area contributed by atoms with Crippen LogP contribution in [0.4, 0.5) is 5.69 Å². The maximum atomic E-state index is 13.8. The number of methoxy groups -OCH3 is 2. The molecule has 1 aliphatic heterocycles. The first kappa shape index (κ1) is 22.7. The van der Waals surface area contributed by atoms with E-state index in [4.69, 9.17) is 9.47 Å². The third kappa shape index (κ3) is 4.40. The second-order valence-corrected chi connectivity index (χ2v) is 8.52. The highest BCUT2D eigenvalue weighted by molar-refractivity contribution is 7.10. The van der Waals surface area contributed by atoms with Gasteiger partial charge in [-0.25, -0.2) is 4.79 Å². The molecule has 0 bridgehead atoms. The fourth-order valence-corrected chi connectivity index (χ4v) is 5.05. The quantitative estimate of drug-likeness (QED) is 0.532. The second-order valence-electron chi connectivity index (χ2n) is 7.54. The van der Waals surface area contributed by atoms with E-state index in [2.05, 4.69) is 5.32 Å². The van der Waals surface area contributed by atoms with E-state index in [9.17, 15) is 14.4 Å². The number of carbonyl (C=O) groups excluding carboxylic acids is 3. The SMILES string of the molecule is COCCN1C(=O)c2ccccc2[C@@H](C(=O)Nc2ccccc2C(=O)OC)[C@H]1c1cccs1. The molecule has 1 N–H and O–H groups in total. The van der Waals surface area contributed by atoms with Gasteiger partial charge in [0.1, 0.15) is 0 Å². The minimum absolute atomic E-state index is 0.139. The lowest BCUT2D eigenvalue weighted by molar-refractivity contribution is -0.119. The summed E-state index contributed by atoms with van der Waals surface area (Å²) in [6.07, 6.45) is 0. The van der Waals surface area contributed by atoms with Gasteiger partial charge in [-0.05, 0) is 35.2 Å². The molecule has 0 saturated heterocycles. The van der Waals surface area contributed by atoms with Crippen molar-refractivity contribution in [3.63, 3.8) is 0 Å². The molecule has 2 atom stereocenters. The number of hydrogen-bond donors (Lipinski definition) is 1. The van der Waals surface area contributed by atoms with E-state index < -0.39 is 17.9 Å². The number of anilines is 1. The first-order chi connectivity index (χ1) is 16.1. The summed E-state index contributed by atoms with van der Waals surface area (Å²) < 4.78 is 10.1. The van der Waals surface area contributed by atoms with Gasteiger partial charge in [-0.1, -0.05) is 36.4 Å². The third-order valence-corrected chi connectivity index (χ3v) is 6.63. The van der Waals surface area contributed by atoms with Crippen LogP contribution in [-0.2, 0) is 14.3 Å². The van der Waals surface area contributed by atoms with Crippen LogP contribution in [-0.4, -0.2) is 50.1 Å². The Morgan fingerprint density at radius 1 is 1.03 bits per heavy atom. The van der Waals surface area contributed by atoms with Crippen molar-refractivity contribution < 1.29 is 23.9 Å². The Balaban J connectivity index is 1.80. The summed E-state index contributed by atoms with van der Waals surface area (Å²) >= 11 is 1.49. The standard InChI is InChI=1S/C25H24N2O5S/c1-31-14-13-27-22(20-12-7-15-33-20)21(16-8-3-4-9-17(16)24(27)29)23(28)26-19-11-6-5-10-18(19)25(30)32-2/h3-12,15,21-22H,13-14H2,1-2H3,(H,26,28)/t21-,22-/m1/s1. The highest BCUT2D eigenvalue weighted by Crippen LogP contribution is 2.44. The minimum atomic E-state index is -0.680. The van der Waals surface area contributed by atoms with Gasteiger partial charge in [0.15, 0.2) is 0 Å². The van der Waals surface area contributed by atoms with Crippen LogP contribution in [0.2, 0.25) is 0 Å². The van der Waals surface area contributed by atoms with Crippen molar-refractivity contribution in [1.82, 2.24) is 4.90 Å². The fraction of sp³-hybridized carbons (Fsp3) is 0.240. The van der Waals surface area contributed by atoms with Gasteiger partial charge in [0.25, 0.3) is 5.91 Å². The van der Waals surface area contributed by atoms with Gasteiger partial charge in [-0.2, -0.15) is 0 Å². The number of hydrogen-bond acceptors (Lipinski definition) is 6. The molecule has 3 aromatic rings. The Morgan fingerprint density at radius 2 is 1.79 bits per heavy atom. The lowest BCUT2D eigenvalue weighted by Gasteiger charge is -2.41. The predicted octanol–water partition coefficient (Wildman–Crippen LogP) is 4.10. The van der Waals surface area contributed by atoms with Crippen molar-refractivity contribution in [2.75, 3.05) is 32.7 Å². The zero-order chi connectivity index (χ0) is 23.4. The first-order valence-corrected chi connectivity index (χ1v) is 11.3. The van der Waals surface area contributed by atoms with Crippen molar-refractivity contribution in [3.8, 4) is 0 Å². The van der Waals surface area contributed by atoms with Crippen molar-refractivity contribution in [2.24, 2.45) is 0 Å². The number of ether oxygens (including phenoxy) is 2. The van der Waals surface area contributed by atoms with E-state index in [0.717, 1.165) is 4.88 Å². The van der Waals surface area contributed by atoms with E-state index in [1.165, 1.54) is 18.4 Å². The van der Waals surface area contributed by atoms with Crippen molar-refractivity contribution >= 4 is 34.8 Å². The monoisotopic (exact) mass is 464 g/mol. The van der Waals surface area contributed by atoms with Gasteiger partial charge >= 0.3 is 5.97 Å². The highest BCUT2D eigenvalue weighted by atomic mass is 32.1. The number of rotatable bonds is 7. The van der Waals surface area contributed by atoms with Gasteiger partial charge in [0, 0.05) is 24.1 Å². The molecule has 0 fully saturated rings. The van der Waals surface area contributed by atoms with Crippen LogP contribution in [0.3, 0.4) is 0 Å². The van der Waals surface area contributed by atoms with Crippen LogP contribution in [0.25, 0.3) is 0 Å². The van der Waals surface area contributed by atoms with Crippen LogP contribution in [0.15, 0.2) is 66.0 Å². The Morgan fingerprint density at radius 3 is 2.52 bits per heavy atom. The van der Waals surface area contributed by atoms with Crippen molar-refractivity contribution in [1.29, 1.82) is 0 Å². The zero-order valence-electron chi connectivity index (χ0n) is 18.3. The molecule has 8 heteroatoms. The van der Waals surface area contributed by atoms with E-state index in [0.29, 0.717) is 30.0 Å². The summed E-state index contributed by atoms with van der Waals surface area (Å²) in [7, 11) is 2.88. The molecule has 33 heavy (non-hydrogen) atoms. The number of para-hydroxylation sites is 1. The normalized spacial score (nSPS) is 17.4. The van der Waals surface area contributed by atoms with Crippen LogP contribution < -0.4 is 5.32 Å². The van der Waals surface area contributed by atoms with Gasteiger partial charge in [-0.15, -0.1) is 11.3 Å². The molecule has 1 aliphatic rings. The predicted molar refractivity (Wildman–Crippen MR) is 126 cm³/mol. The van der Waals surface area contributed by atoms with Crippen LogP contribution in [0.1, 0.15) is 43.1 Å². The van der Waals surface area contributed by atoms with Crippen molar-refractivity contribution in [3.05, 3.63) is 87.6 Å². The number of benzene rings is 2. The minimum Gasteiger partial charge on any atom is -0.465 e. The van der Waals surface area contributed by atoms with Crippen LogP contribution in [0, 0.1) is 0 Å². The molecule has 0 unspecified atom stereocenters. The molecule has 0 aliphatic carbocycles. The Labute approximate surface area is 195 Å². The summed E-state index contributed by atoms with van der Waals surface area (Å²) in [4.78, 5) is 42.0. The highest BCUT2D eigenvalue weighted by Gasteiger charge is 2.44. The second kappa shape index (κ2) is 9.97. The summed E-state index contributed by atoms with van der Waals surface area (Å²) in [6.45, 7) is 0.685. The lowest BCUT2D eigenvalue weighted by Crippen LogP contribution is -2.47. The van der Waals surface area contributed by atoms with Crippen LogP contribution in [0.5, 0.6) is 0 Å². The van der Waals surface area contributed by atoms with Gasteiger partial charge < -0.3 is 19.7 Å². The molecule has 0 spiro atoms. The van der Waals surface area contributed by atoms with E-state index in [1.54, 1.807) is 48.4 Å². The van der Waals surface area contributed by atoms with Gasteiger partial charge in [-0.3, -0.25) is 9.59 Å². The molecule has 170 valence electrons. The summed E-state index contributed by atoms with van der Waals surface area (Å²) in [5.74, 6) is -1.67. The third-order valence-electron chi connectivity index (χ3n) is 5.68. The molecule has 2 amide bonds.